The molecule has 1 aromatic heterocycles. The van der Waals surface area contributed by atoms with Gasteiger partial charge < -0.3 is 0 Å². The molecule has 7 heteroatoms. The lowest BCUT2D eigenvalue weighted by molar-refractivity contribution is 0.745. The van der Waals surface area contributed by atoms with Crippen molar-refractivity contribution in [3.8, 4) is 5.69 Å². The van der Waals surface area contributed by atoms with Crippen molar-refractivity contribution in [3.05, 3.63) is 66.2 Å². The summed E-state index contributed by atoms with van der Waals surface area (Å²) in [4.78, 5) is 0. The predicted molar refractivity (Wildman–Crippen MR) is 96.7 cm³/mol. The van der Waals surface area contributed by atoms with Crippen LogP contribution in [0.3, 0.4) is 0 Å². The molecule has 0 spiro atoms. The van der Waals surface area contributed by atoms with Crippen molar-refractivity contribution in [2.75, 3.05) is 0 Å². The average Bonchev–Trinajstić information content (AvgIpc) is 3.03. The third-order valence-corrected chi connectivity index (χ3v) is 6.23. The fourth-order valence-corrected chi connectivity index (χ4v) is 4.76. The van der Waals surface area contributed by atoms with Crippen molar-refractivity contribution in [2.24, 2.45) is 5.92 Å². The van der Waals surface area contributed by atoms with Crippen LogP contribution in [-0.4, -0.2) is 24.5 Å². The van der Waals surface area contributed by atoms with Crippen molar-refractivity contribution < 1.29 is 0 Å². The predicted octanol–water partition coefficient (Wildman–Crippen LogP) is 4.69. The normalized spacial score (nSPS) is 19.8. The fourth-order valence-electron chi connectivity index (χ4n) is 2.69. The van der Waals surface area contributed by atoms with Gasteiger partial charge in [-0.2, -0.15) is 4.68 Å². The molecule has 2 unspecified atom stereocenters. The Morgan fingerprint density at radius 3 is 2.29 bits per heavy atom. The molecule has 24 heavy (non-hydrogen) atoms. The Balaban J connectivity index is 1.66. The molecule has 3 aromatic rings. The zero-order chi connectivity index (χ0) is 16.6. The van der Waals surface area contributed by atoms with Gasteiger partial charge in [-0.05, 0) is 34.5 Å². The molecule has 1 heterocycles. The van der Waals surface area contributed by atoms with E-state index in [0.29, 0.717) is 0 Å². The number of rotatable bonds is 5. The minimum absolute atomic E-state index is 0.106. The Kier molecular flexibility index (Phi) is 4.24. The summed E-state index contributed by atoms with van der Waals surface area (Å²) in [5, 5.41) is 13.0. The van der Waals surface area contributed by atoms with Crippen LogP contribution in [0.5, 0.6) is 0 Å². The van der Waals surface area contributed by atoms with Crippen LogP contribution in [0.15, 0.2) is 65.8 Å². The fraction of sp³-hybridized carbons (Fsp3) is 0.235. The van der Waals surface area contributed by atoms with E-state index < -0.39 is 4.33 Å². The van der Waals surface area contributed by atoms with E-state index in [1.807, 2.05) is 48.5 Å². The van der Waals surface area contributed by atoms with Gasteiger partial charge in [0.15, 0.2) is 0 Å². The van der Waals surface area contributed by atoms with Crippen LogP contribution in [0.2, 0.25) is 0 Å². The number of alkyl halides is 2. The van der Waals surface area contributed by atoms with Gasteiger partial charge in [0.25, 0.3) is 0 Å². The summed E-state index contributed by atoms with van der Waals surface area (Å²) in [6.07, 6.45) is 0.773. The van der Waals surface area contributed by atoms with E-state index in [2.05, 4.69) is 27.7 Å². The highest BCUT2D eigenvalue weighted by atomic mass is 35.5. The summed E-state index contributed by atoms with van der Waals surface area (Å²) < 4.78 is 1.08. The molecule has 0 radical (unpaired) electrons. The van der Waals surface area contributed by atoms with Crippen molar-refractivity contribution in [1.29, 1.82) is 0 Å². The molecule has 0 saturated heterocycles. The highest BCUT2D eigenvalue weighted by molar-refractivity contribution is 7.99. The molecule has 1 fully saturated rings. The van der Waals surface area contributed by atoms with Crippen LogP contribution in [0.25, 0.3) is 5.69 Å². The lowest BCUT2D eigenvalue weighted by Gasteiger charge is -2.17. The molecule has 122 valence electrons. The molecule has 1 saturated carbocycles. The molecule has 1 aliphatic carbocycles. The third kappa shape index (κ3) is 3.16. The summed E-state index contributed by atoms with van der Waals surface area (Å²) >= 11 is 14.3. The second-order valence-electron chi connectivity index (χ2n) is 5.73. The zero-order valence-corrected chi connectivity index (χ0v) is 14.9. The summed E-state index contributed by atoms with van der Waals surface area (Å²) in [6, 6.07) is 20.1. The number of aromatic nitrogens is 4. The first kappa shape index (κ1) is 15.9. The largest absolute Gasteiger partial charge is 0.214 e. The molecule has 0 bridgehead atoms. The summed E-state index contributed by atoms with van der Waals surface area (Å²) in [5.41, 5.74) is 2.11. The second-order valence-corrected chi connectivity index (χ2v) is 8.38. The van der Waals surface area contributed by atoms with Crippen LogP contribution in [0.4, 0.5) is 0 Å². The Morgan fingerprint density at radius 1 is 1.04 bits per heavy atom. The molecule has 0 N–H and O–H groups in total. The van der Waals surface area contributed by atoms with Gasteiger partial charge >= 0.3 is 0 Å². The van der Waals surface area contributed by atoms with E-state index in [0.717, 1.165) is 17.3 Å². The van der Waals surface area contributed by atoms with Gasteiger partial charge in [-0.15, -0.1) is 28.3 Å². The highest BCUT2D eigenvalue weighted by Crippen LogP contribution is 2.63. The smallest absolute Gasteiger partial charge is 0.187 e. The van der Waals surface area contributed by atoms with E-state index in [-0.39, 0.29) is 11.2 Å². The quantitative estimate of drug-likeness (QED) is 0.478. The summed E-state index contributed by atoms with van der Waals surface area (Å²) in [6.45, 7) is 0. The molecule has 2 atom stereocenters. The SMILES string of the molecule is ClC1(Cl)CC1C(Sc1nnnn1-c1ccccc1)c1ccccc1. The van der Waals surface area contributed by atoms with Crippen LogP contribution in [-0.2, 0) is 0 Å². The maximum Gasteiger partial charge on any atom is 0.214 e. The van der Waals surface area contributed by atoms with Crippen LogP contribution >= 0.6 is 35.0 Å². The first-order valence-corrected chi connectivity index (χ1v) is 9.22. The van der Waals surface area contributed by atoms with Crippen LogP contribution in [0, 0.1) is 5.92 Å². The van der Waals surface area contributed by atoms with Gasteiger partial charge in [0, 0.05) is 11.2 Å². The minimum atomic E-state index is -0.668. The van der Waals surface area contributed by atoms with Crippen LogP contribution in [0.1, 0.15) is 17.2 Å². The van der Waals surface area contributed by atoms with E-state index in [4.69, 9.17) is 23.2 Å². The van der Waals surface area contributed by atoms with Gasteiger partial charge in [0.1, 0.15) is 4.33 Å². The molecule has 4 rings (SSSR count). The summed E-state index contributed by atoms with van der Waals surface area (Å²) in [5.74, 6) is 0.175. The molecule has 0 aliphatic heterocycles. The molecule has 2 aromatic carbocycles. The van der Waals surface area contributed by atoms with Gasteiger partial charge in [-0.25, -0.2) is 0 Å². The maximum atomic E-state index is 6.34. The number of thioether (sulfide) groups is 1. The Labute approximate surface area is 154 Å². The lowest BCUT2D eigenvalue weighted by Crippen LogP contribution is -2.05. The van der Waals surface area contributed by atoms with E-state index in [1.54, 1.807) is 16.4 Å². The monoisotopic (exact) mass is 376 g/mol. The maximum absolute atomic E-state index is 6.34. The van der Waals surface area contributed by atoms with Gasteiger partial charge in [-0.1, -0.05) is 60.3 Å². The number of nitrogens with zero attached hydrogens (tertiary/aromatic N) is 4. The van der Waals surface area contributed by atoms with Crippen molar-refractivity contribution in [3.63, 3.8) is 0 Å². The van der Waals surface area contributed by atoms with Gasteiger partial charge in [0.05, 0.1) is 5.69 Å². The highest BCUT2D eigenvalue weighted by Gasteiger charge is 2.56. The van der Waals surface area contributed by atoms with Crippen molar-refractivity contribution >= 4 is 35.0 Å². The second kappa shape index (κ2) is 6.39. The van der Waals surface area contributed by atoms with Crippen molar-refractivity contribution in [2.45, 2.75) is 21.2 Å². The summed E-state index contributed by atoms with van der Waals surface area (Å²) in [7, 11) is 0. The average molecular weight is 377 g/mol. The molecule has 1 aliphatic rings. The number of hydrogen-bond acceptors (Lipinski definition) is 4. The Morgan fingerprint density at radius 2 is 1.67 bits per heavy atom. The van der Waals surface area contributed by atoms with E-state index >= 15 is 0 Å². The number of para-hydroxylation sites is 1. The number of tetrazole rings is 1. The number of hydrogen-bond donors (Lipinski definition) is 0. The van der Waals surface area contributed by atoms with Gasteiger partial charge in [-0.3, -0.25) is 0 Å². The third-order valence-electron chi connectivity index (χ3n) is 4.04. The first-order valence-electron chi connectivity index (χ1n) is 7.58. The van der Waals surface area contributed by atoms with Crippen molar-refractivity contribution in [1.82, 2.24) is 20.2 Å². The van der Waals surface area contributed by atoms with E-state index in [1.165, 1.54) is 5.56 Å². The topological polar surface area (TPSA) is 43.6 Å². The number of halogens is 2. The molecular formula is C17H14Cl2N4S. The Bertz CT molecular complexity index is 823. The zero-order valence-electron chi connectivity index (χ0n) is 12.6. The molecular weight excluding hydrogens is 363 g/mol. The lowest BCUT2D eigenvalue weighted by atomic mass is 10.1. The van der Waals surface area contributed by atoms with Crippen LogP contribution < -0.4 is 0 Å². The standard InChI is InChI=1S/C17H14Cl2N4S/c18-17(19)11-14(17)15(12-7-3-1-4-8-12)24-16-20-21-22-23(16)13-9-5-2-6-10-13/h1-10,14-15H,11H2. The minimum Gasteiger partial charge on any atom is -0.187 e. The Hall–Kier alpha value is -1.56. The number of benzene rings is 2. The molecule has 4 nitrogen and oxygen atoms in total. The van der Waals surface area contributed by atoms with Gasteiger partial charge in [0.2, 0.25) is 5.16 Å². The molecule has 0 amide bonds. The van der Waals surface area contributed by atoms with E-state index in [9.17, 15) is 0 Å². The first-order chi connectivity index (χ1) is 11.6.